The van der Waals surface area contributed by atoms with Gasteiger partial charge in [0, 0.05) is 17.3 Å². The zero-order chi connectivity index (χ0) is 14.7. The van der Waals surface area contributed by atoms with Gasteiger partial charge in [-0.25, -0.2) is 0 Å². The average molecular weight is 270 g/mol. The molecule has 1 aromatic heterocycles. The van der Waals surface area contributed by atoms with Gasteiger partial charge in [-0.3, -0.25) is 4.98 Å². The van der Waals surface area contributed by atoms with Crippen LogP contribution in [0.25, 0.3) is 22.4 Å². The molecule has 0 saturated carbocycles. The zero-order valence-electron chi connectivity index (χ0n) is 11.7. The topological polar surface area (TPSA) is 36.7 Å². The Bertz CT molecular complexity index is 814. The molecule has 3 rings (SSSR count). The first-order chi connectivity index (χ1) is 10.3. The van der Waals surface area contributed by atoms with Crippen molar-refractivity contribution in [1.29, 1.82) is 5.26 Å². The van der Waals surface area contributed by atoms with Crippen LogP contribution in [0, 0.1) is 18.3 Å². The standard InChI is InChI=1S/C19H14N2/c1-14-10-19(17-9-5-6-15(11-17)12-20)21-13-18(14)16-7-3-2-4-8-16/h2-11,13H,1H3. The van der Waals surface area contributed by atoms with Crippen molar-refractivity contribution in [2.24, 2.45) is 0 Å². The van der Waals surface area contributed by atoms with Crippen molar-refractivity contribution in [3.63, 3.8) is 0 Å². The summed E-state index contributed by atoms with van der Waals surface area (Å²) in [7, 11) is 0. The second-order valence-corrected chi connectivity index (χ2v) is 4.94. The highest BCUT2D eigenvalue weighted by molar-refractivity contribution is 5.70. The molecule has 2 heteroatoms. The average Bonchev–Trinajstić information content (AvgIpc) is 2.55. The maximum atomic E-state index is 8.99. The van der Waals surface area contributed by atoms with E-state index in [1.807, 2.05) is 42.6 Å². The van der Waals surface area contributed by atoms with Crippen LogP contribution in [0.3, 0.4) is 0 Å². The van der Waals surface area contributed by atoms with Crippen molar-refractivity contribution in [3.05, 3.63) is 78.0 Å². The molecule has 0 bridgehead atoms. The first kappa shape index (κ1) is 13.1. The van der Waals surface area contributed by atoms with Crippen molar-refractivity contribution in [2.75, 3.05) is 0 Å². The largest absolute Gasteiger partial charge is 0.256 e. The molecule has 0 aliphatic rings. The van der Waals surface area contributed by atoms with Gasteiger partial charge in [0.15, 0.2) is 0 Å². The summed E-state index contributed by atoms with van der Waals surface area (Å²) in [5, 5.41) is 8.99. The number of hydrogen-bond acceptors (Lipinski definition) is 2. The highest BCUT2D eigenvalue weighted by Crippen LogP contribution is 2.26. The van der Waals surface area contributed by atoms with Gasteiger partial charge < -0.3 is 0 Å². The third kappa shape index (κ3) is 2.68. The molecule has 0 N–H and O–H groups in total. The Morgan fingerprint density at radius 3 is 2.38 bits per heavy atom. The molecule has 21 heavy (non-hydrogen) atoms. The predicted octanol–water partition coefficient (Wildman–Crippen LogP) is 4.60. The SMILES string of the molecule is Cc1cc(-c2cccc(C#N)c2)ncc1-c1ccccc1. The van der Waals surface area contributed by atoms with Crippen LogP contribution in [-0.4, -0.2) is 4.98 Å². The number of benzene rings is 2. The summed E-state index contributed by atoms with van der Waals surface area (Å²) in [6.07, 6.45) is 1.90. The summed E-state index contributed by atoms with van der Waals surface area (Å²) in [6, 6.07) is 22.0. The van der Waals surface area contributed by atoms with Crippen LogP contribution in [0.15, 0.2) is 66.9 Å². The van der Waals surface area contributed by atoms with E-state index in [0.29, 0.717) is 5.56 Å². The molecule has 0 spiro atoms. The lowest BCUT2D eigenvalue weighted by Crippen LogP contribution is -1.90. The van der Waals surface area contributed by atoms with Crippen LogP contribution >= 0.6 is 0 Å². The lowest BCUT2D eigenvalue weighted by Gasteiger charge is -2.08. The Hall–Kier alpha value is -2.92. The Kier molecular flexibility index (Phi) is 3.49. The highest BCUT2D eigenvalue weighted by atomic mass is 14.7. The van der Waals surface area contributed by atoms with Crippen LogP contribution < -0.4 is 0 Å². The van der Waals surface area contributed by atoms with Crippen LogP contribution in [0.5, 0.6) is 0 Å². The smallest absolute Gasteiger partial charge is 0.0991 e. The first-order valence-corrected chi connectivity index (χ1v) is 6.80. The number of aryl methyl sites for hydroxylation is 1. The fraction of sp³-hybridized carbons (Fsp3) is 0.0526. The lowest BCUT2D eigenvalue weighted by atomic mass is 10.0. The van der Waals surface area contributed by atoms with Gasteiger partial charge in [-0.1, -0.05) is 42.5 Å². The molecule has 0 amide bonds. The van der Waals surface area contributed by atoms with Gasteiger partial charge in [0.2, 0.25) is 0 Å². The minimum atomic E-state index is 0.652. The summed E-state index contributed by atoms with van der Waals surface area (Å²) in [4.78, 5) is 4.55. The quantitative estimate of drug-likeness (QED) is 0.682. The Balaban J connectivity index is 2.04. The number of nitrogens with zero attached hydrogens (tertiary/aromatic N) is 2. The van der Waals surface area contributed by atoms with Gasteiger partial charge in [-0.05, 0) is 36.2 Å². The minimum absolute atomic E-state index is 0.652. The van der Waals surface area contributed by atoms with Crippen molar-refractivity contribution in [1.82, 2.24) is 4.98 Å². The summed E-state index contributed by atoms with van der Waals surface area (Å²) in [5.41, 5.74) is 5.99. The van der Waals surface area contributed by atoms with E-state index in [2.05, 4.69) is 36.2 Å². The van der Waals surface area contributed by atoms with E-state index in [1.165, 1.54) is 11.1 Å². The van der Waals surface area contributed by atoms with Gasteiger partial charge in [0.05, 0.1) is 17.3 Å². The van der Waals surface area contributed by atoms with Crippen LogP contribution in [-0.2, 0) is 0 Å². The molecule has 3 aromatic rings. The number of aromatic nitrogens is 1. The molecule has 0 saturated heterocycles. The Morgan fingerprint density at radius 1 is 0.905 bits per heavy atom. The van der Waals surface area contributed by atoms with E-state index >= 15 is 0 Å². The third-order valence-electron chi connectivity index (χ3n) is 3.48. The molecule has 0 aliphatic heterocycles. The molecule has 100 valence electrons. The van der Waals surface area contributed by atoms with Gasteiger partial charge in [-0.2, -0.15) is 5.26 Å². The summed E-state index contributed by atoms with van der Waals surface area (Å²) in [6.45, 7) is 2.08. The molecular weight excluding hydrogens is 256 g/mol. The molecule has 0 radical (unpaired) electrons. The van der Waals surface area contributed by atoms with E-state index in [-0.39, 0.29) is 0 Å². The number of hydrogen-bond donors (Lipinski definition) is 0. The van der Waals surface area contributed by atoms with E-state index in [0.717, 1.165) is 16.8 Å². The lowest BCUT2D eigenvalue weighted by molar-refractivity contribution is 1.28. The van der Waals surface area contributed by atoms with E-state index < -0.39 is 0 Å². The van der Waals surface area contributed by atoms with Crippen molar-refractivity contribution >= 4 is 0 Å². The highest BCUT2D eigenvalue weighted by Gasteiger charge is 2.06. The molecule has 2 aromatic carbocycles. The molecule has 2 nitrogen and oxygen atoms in total. The van der Waals surface area contributed by atoms with Gasteiger partial charge >= 0.3 is 0 Å². The van der Waals surface area contributed by atoms with Gasteiger partial charge in [0.1, 0.15) is 0 Å². The summed E-state index contributed by atoms with van der Waals surface area (Å²) >= 11 is 0. The third-order valence-corrected chi connectivity index (χ3v) is 3.48. The van der Waals surface area contributed by atoms with E-state index in [9.17, 15) is 0 Å². The first-order valence-electron chi connectivity index (χ1n) is 6.80. The molecular formula is C19H14N2. The molecule has 1 heterocycles. The number of nitriles is 1. The second kappa shape index (κ2) is 5.60. The number of pyridine rings is 1. The van der Waals surface area contributed by atoms with Crippen molar-refractivity contribution in [3.8, 4) is 28.5 Å². The normalized spacial score (nSPS) is 10.1. The fourth-order valence-electron chi connectivity index (χ4n) is 2.38. The Morgan fingerprint density at radius 2 is 1.67 bits per heavy atom. The maximum Gasteiger partial charge on any atom is 0.0991 e. The summed E-state index contributed by atoms with van der Waals surface area (Å²) in [5.74, 6) is 0. The monoisotopic (exact) mass is 270 g/mol. The van der Waals surface area contributed by atoms with Crippen LogP contribution in [0.4, 0.5) is 0 Å². The van der Waals surface area contributed by atoms with Gasteiger partial charge in [-0.15, -0.1) is 0 Å². The van der Waals surface area contributed by atoms with Crippen LogP contribution in [0.1, 0.15) is 11.1 Å². The minimum Gasteiger partial charge on any atom is -0.256 e. The fourth-order valence-corrected chi connectivity index (χ4v) is 2.38. The molecule has 0 atom stereocenters. The van der Waals surface area contributed by atoms with E-state index in [4.69, 9.17) is 5.26 Å². The molecule has 0 unspecified atom stereocenters. The maximum absolute atomic E-state index is 8.99. The second-order valence-electron chi connectivity index (χ2n) is 4.94. The molecule has 0 aliphatic carbocycles. The van der Waals surface area contributed by atoms with Crippen molar-refractivity contribution in [2.45, 2.75) is 6.92 Å². The van der Waals surface area contributed by atoms with Crippen molar-refractivity contribution < 1.29 is 0 Å². The zero-order valence-corrected chi connectivity index (χ0v) is 11.7. The van der Waals surface area contributed by atoms with Crippen LogP contribution in [0.2, 0.25) is 0 Å². The predicted molar refractivity (Wildman–Crippen MR) is 84.6 cm³/mol. The van der Waals surface area contributed by atoms with E-state index in [1.54, 1.807) is 6.07 Å². The van der Waals surface area contributed by atoms with Gasteiger partial charge in [0.25, 0.3) is 0 Å². The molecule has 0 fully saturated rings. The number of rotatable bonds is 2. The Labute approximate surface area is 124 Å². The summed E-state index contributed by atoms with van der Waals surface area (Å²) < 4.78 is 0.